The van der Waals surface area contributed by atoms with E-state index < -0.39 is 0 Å². The molecule has 2 rings (SSSR count). The number of aryl methyl sites for hydroxylation is 1. The summed E-state index contributed by atoms with van der Waals surface area (Å²) in [5.74, 6) is 0. The Balaban J connectivity index is 2.27. The number of hydrogen-bond donors (Lipinski definition) is 0. The molecule has 15 heavy (non-hydrogen) atoms. The second-order valence-corrected chi connectivity index (χ2v) is 5.58. The van der Waals surface area contributed by atoms with E-state index in [9.17, 15) is 0 Å². The van der Waals surface area contributed by atoms with E-state index in [1.54, 1.807) is 0 Å². The topological polar surface area (TPSA) is 27.1 Å². The quantitative estimate of drug-likeness (QED) is 0.650. The van der Waals surface area contributed by atoms with Crippen LogP contribution in [-0.2, 0) is 11.7 Å². The maximum Gasteiger partial charge on any atom is 0.346 e. The van der Waals surface area contributed by atoms with Crippen molar-refractivity contribution in [3.05, 3.63) is 12.3 Å². The van der Waals surface area contributed by atoms with Crippen LogP contribution >= 0.6 is 0 Å². The maximum absolute atomic E-state index is 6.13. The molecule has 0 unspecified atom stereocenters. The van der Waals surface area contributed by atoms with Gasteiger partial charge in [0.25, 0.3) is 0 Å². The lowest BCUT2D eigenvalue weighted by Gasteiger charge is -2.34. The molecule has 0 aliphatic carbocycles. The molecule has 0 atom stereocenters. The van der Waals surface area contributed by atoms with Gasteiger partial charge in [0.2, 0.25) is 0 Å². The molecule has 1 aliphatic heterocycles. The van der Waals surface area contributed by atoms with Gasteiger partial charge < -0.3 is 4.65 Å². The predicted octanol–water partition coefficient (Wildman–Crippen LogP) is 1.45. The lowest BCUT2D eigenvalue weighted by molar-refractivity contribution is 0.0374. The number of rotatable bonds is 1. The van der Waals surface area contributed by atoms with Crippen LogP contribution in [0.3, 0.4) is 0 Å². The normalized spacial score (nSPS) is 23.4. The lowest BCUT2D eigenvalue weighted by atomic mass is 9.56. The minimum absolute atomic E-state index is 0.0675. The summed E-state index contributed by atoms with van der Waals surface area (Å²) in [6.45, 7) is 9.06. The summed E-state index contributed by atoms with van der Waals surface area (Å²) >= 11 is 0. The van der Waals surface area contributed by atoms with Crippen molar-refractivity contribution in [2.24, 2.45) is 12.5 Å². The van der Waals surface area contributed by atoms with Crippen LogP contribution in [0.2, 0.25) is 6.32 Å². The Morgan fingerprint density at radius 1 is 1.40 bits per heavy atom. The number of aromatic nitrogens is 2. The Morgan fingerprint density at radius 3 is 2.47 bits per heavy atom. The molecule has 1 fully saturated rings. The minimum atomic E-state index is -0.0675. The SMILES string of the molecule is Cn1nccc1B1CC(C)(C)C(C)(C)O1. The number of hydrogen-bond acceptors (Lipinski definition) is 2. The third-order valence-corrected chi connectivity index (χ3v) is 3.95. The highest BCUT2D eigenvalue weighted by atomic mass is 16.5. The molecule has 0 spiro atoms. The fourth-order valence-electron chi connectivity index (χ4n) is 2.13. The average Bonchev–Trinajstić information content (AvgIpc) is 2.55. The van der Waals surface area contributed by atoms with E-state index in [0.717, 1.165) is 6.32 Å². The smallest absolute Gasteiger partial charge is 0.346 e. The van der Waals surface area contributed by atoms with E-state index in [4.69, 9.17) is 4.65 Å². The highest BCUT2D eigenvalue weighted by Gasteiger charge is 2.50. The summed E-state index contributed by atoms with van der Waals surface area (Å²) in [5, 5.41) is 4.19. The van der Waals surface area contributed by atoms with Crippen molar-refractivity contribution in [3.8, 4) is 0 Å². The Kier molecular flexibility index (Phi) is 2.23. The monoisotopic (exact) mass is 206 g/mol. The summed E-state index contributed by atoms with van der Waals surface area (Å²) in [6, 6.07) is 2.04. The van der Waals surface area contributed by atoms with Gasteiger partial charge in [-0.05, 0) is 31.6 Å². The fourth-order valence-corrected chi connectivity index (χ4v) is 2.13. The maximum atomic E-state index is 6.13. The van der Waals surface area contributed by atoms with Crippen LogP contribution in [0.1, 0.15) is 27.7 Å². The van der Waals surface area contributed by atoms with Crippen LogP contribution in [0.15, 0.2) is 12.3 Å². The zero-order chi connectivity index (χ0) is 11.3. The van der Waals surface area contributed by atoms with Gasteiger partial charge in [-0.15, -0.1) is 0 Å². The standard InChI is InChI=1S/C11H19BN2O/c1-10(2)8-12(15-11(10,3)4)9-6-7-13-14(9)5/h6-7H,8H2,1-5H3. The summed E-state index contributed by atoms with van der Waals surface area (Å²) in [4.78, 5) is 0. The second-order valence-electron chi connectivity index (χ2n) is 5.58. The van der Waals surface area contributed by atoms with E-state index in [0.29, 0.717) is 0 Å². The Labute approximate surface area is 91.9 Å². The largest absolute Gasteiger partial charge is 0.424 e. The highest BCUT2D eigenvalue weighted by Crippen LogP contribution is 2.44. The fraction of sp³-hybridized carbons (Fsp3) is 0.727. The zero-order valence-electron chi connectivity index (χ0n) is 10.2. The van der Waals surface area contributed by atoms with E-state index in [2.05, 4.69) is 32.8 Å². The molecule has 4 heteroatoms. The van der Waals surface area contributed by atoms with Gasteiger partial charge in [-0.1, -0.05) is 13.8 Å². The minimum Gasteiger partial charge on any atom is -0.424 e. The highest BCUT2D eigenvalue weighted by molar-refractivity contribution is 6.67. The van der Waals surface area contributed by atoms with Gasteiger partial charge in [0.1, 0.15) is 0 Å². The van der Waals surface area contributed by atoms with Gasteiger partial charge in [0.15, 0.2) is 0 Å². The molecular formula is C11H19BN2O. The van der Waals surface area contributed by atoms with E-state index >= 15 is 0 Å². The van der Waals surface area contributed by atoms with Crippen molar-refractivity contribution in [1.82, 2.24) is 9.78 Å². The van der Waals surface area contributed by atoms with Crippen LogP contribution in [0.25, 0.3) is 0 Å². The third kappa shape index (κ3) is 1.61. The summed E-state index contributed by atoms with van der Waals surface area (Å²) in [5.41, 5.74) is 1.32. The third-order valence-electron chi connectivity index (χ3n) is 3.95. The van der Waals surface area contributed by atoms with Crippen LogP contribution < -0.4 is 5.59 Å². The van der Waals surface area contributed by atoms with Gasteiger partial charge >= 0.3 is 6.92 Å². The van der Waals surface area contributed by atoms with Crippen molar-refractivity contribution in [3.63, 3.8) is 0 Å². The first kappa shape index (κ1) is 10.7. The molecule has 0 aromatic carbocycles. The van der Waals surface area contributed by atoms with Crippen molar-refractivity contribution in [2.45, 2.75) is 39.6 Å². The van der Waals surface area contributed by atoms with E-state index in [-0.39, 0.29) is 17.9 Å². The first-order valence-corrected chi connectivity index (χ1v) is 5.49. The Bertz CT molecular complexity index is 354. The van der Waals surface area contributed by atoms with Gasteiger partial charge in [0.05, 0.1) is 5.60 Å². The van der Waals surface area contributed by atoms with E-state index in [1.165, 1.54) is 5.59 Å². The van der Waals surface area contributed by atoms with Gasteiger partial charge in [-0.2, -0.15) is 5.10 Å². The van der Waals surface area contributed by atoms with Crippen LogP contribution in [-0.4, -0.2) is 22.3 Å². The molecule has 0 radical (unpaired) electrons. The molecule has 1 aromatic heterocycles. The van der Waals surface area contributed by atoms with Gasteiger partial charge in [-0.3, -0.25) is 4.68 Å². The van der Waals surface area contributed by atoms with Gasteiger partial charge in [0, 0.05) is 18.8 Å². The first-order valence-electron chi connectivity index (χ1n) is 5.49. The molecule has 1 aromatic rings. The predicted molar refractivity (Wildman–Crippen MR) is 62.3 cm³/mol. The Morgan fingerprint density at radius 2 is 2.07 bits per heavy atom. The van der Waals surface area contributed by atoms with Crippen LogP contribution in [0.4, 0.5) is 0 Å². The molecule has 1 saturated heterocycles. The average molecular weight is 206 g/mol. The van der Waals surface area contributed by atoms with Crippen molar-refractivity contribution in [2.75, 3.05) is 0 Å². The Hall–Kier alpha value is -0.765. The van der Waals surface area contributed by atoms with Crippen molar-refractivity contribution >= 4 is 12.5 Å². The van der Waals surface area contributed by atoms with E-state index in [1.807, 2.05) is 24.0 Å². The summed E-state index contributed by atoms with van der Waals surface area (Å²) in [6.07, 6.45) is 2.89. The number of nitrogens with zero attached hydrogens (tertiary/aromatic N) is 2. The molecular weight excluding hydrogens is 187 g/mol. The van der Waals surface area contributed by atoms with Gasteiger partial charge in [-0.25, -0.2) is 0 Å². The molecule has 2 heterocycles. The first-order chi connectivity index (χ1) is 6.83. The van der Waals surface area contributed by atoms with Crippen molar-refractivity contribution in [1.29, 1.82) is 0 Å². The molecule has 0 N–H and O–H groups in total. The van der Waals surface area contributed by atoms with Crippen LogP contribution in [0.5, 0.6) is 0 Å². The summed E-state index contributed by atoms with van der Waals surface area (Å²) < 4.78 is 8.03. The molecule has 0 amide bonds. The molecule has 3 nitrogen and oxygen atoms in total. The zero-order valence-corrected chi connectivity index (χ0v) is 10.2. The van der Waals surface area contributed by atoms with Crippen LogP contribution in [0, 0.1) is 5.41 Å². The lowest BCUT2D eigenvalue weighted by Crippen LogP contribution is -2.38. The summed E-state index contributed by atoms with van der Waals surface area (Å²) in [7, 11) is 1.97. The molecule has 0 saturated carbocycles. The molecule has 82 valence electrons. The second kappa shape index (κ2) is 3.11. The molecule has 1 aliphatic rings. The van der Waals surface area contributed by atoms with Crippen molar-refractivity contribution < 1.29 is 4.65 Å². The molecule has 0 bridgehead atoms.